The summed E-state index contributed by atoms with van der Waals surface area (Å²) in [6.45, 7) is 6.06. The largest absolute Gasteiger partial charge is 0.352 e. The van der Waals surface area contributed by atoms with Crippen LogP contribution < -0.4 is 5.32 Å². The number of nitrogens with zero attached hydrogens (tertiary/aromatic N) is 1. The first kappa shape index (κ1) is 24.6. The average molecular weight is 467 g/mol. The van der Waals surface area contributed by atoms with Gasteiger partial charge in [-0.15, -0.1) is 11.8 Å². The summed E-state index contributed by atoms with van der Waals surface area (Å²) in [5.74, 6) is 0.701. The van der Waals surface area contributed by atoms with Crippen molar-refractivity contribution in [2.75, 3.05) is 5.75 Å². The molecule has 2 amide bonds. The van der Waals surface area contributed by atoms with Gasteiger partial charge < -0.3 is 10.2 Å². The van der Waals surface area contributed by atoms with Gasteiger partial charge in [0, 0.05) is 28.4 Å². The molecule has 0 aromatic heterocycles. The zero-order chi connectivity index (χ0) is 22.1. The molecule has 2 aromatic carbocycles. The van der Waals surface area contributed by atoms with E-state index in [4.69, 9.17) is 23.2 Å². The number of nitrogens with one attached hydrogen (secondary N) is 1. The van der Waals surface area contributed by atoms with E-state index in [2.05, 4.69) is 5.32 Å². The number of carbonyl (C=O) groups excluding carboxylic acids is 2. The van der Waals surface area contributed by atoms with Gasteiger partial charge in [-0.25, -0.2) is 0 Å². The molecule has 0 bridgehead atoms. The highest BCUT2D eigenvalue weighted by atomic mass is 35.5. The summed E-state index contributed by atoms with van der Waals surface area (Å²) in [6, 6.07) is 14.4. The first-order chi connectivity index (χ1) is 14.3. The molecule has 162 valence electrons. The molecule has 0 aliphatic heterocycles. The van der Waals surface area contributed by atoms with Crippen molar-refractivity contribution in [2.24, 2.45) is 0 Å². The van der Waals surface area contributed by atoms with Crippen LogP contribution in [0.25, 0.3) is 0 Å². The van der Waals surface area contributed by atoms with E-state index in [0.717, 1.165) is 17.5 Å². The topological polar surface area (TPSA) is 49.4 Å². The minimum absolute atomic E-state index is 0.0558. The van der Waals surface area contributed by atoms with Crippen molar-refractivity contribution in [2.45, 2.75) is 51.6 Å². The van der Waals surface area contributed by atoms with Gasteiger partial charge in [-0.05, 0) is 55.7 Å². The van der Waals surface area contributed by atoms with Crippen LogP contribution in [0.5, 0.6) is 0 Å². The molecular formula is C23H28Cl2N2O2S. The molecule has 1 N–H and O–H groups in total. The lowest BCUT2D eigenvalue weighted by Crippen LogP contribution is -2.50. The smallest absolute Gasteiger partial charge is 0.242 e. The fourth-order valence-electron chi connectivity index (χ4n) is 2.85. The fourth-order valence-corrected chi connectivity index (χ4v) is 4.13. The Balaban J connectivity index is 2.08. The molecule has 0 aliphatic rings. The summed E-state index contributed by atoms with van der Waals surface area (Å²) in [7, 11) is 0. The molecule has 2 aromatic rings. The molecule has 4 nitrogen and oxygen atoms in total. The molecule has 0 unspecified atom stereocenters. The van der Waals surface area contributed by atoms with Crippen molar-refractivity contribution < 1.29 is 9.59 Å². The molecule has 0 heterocycles. The quantitative estimate of drug-likeness (QED) is 0.498. The number of benzene rings is 2. The van der Waals surface area contributed by atoms with E-state index in [-0.39, 0.29) is 23.6 Å². The Hall–Kier alpha value is -1.69. The van der Waals surface area contributed by atoms with E-state index in [0.29, 0.717) is 22.3 Å². The van der Waals surface area contributed by atoms with Gasteiger partial charge in [0.1, 0.15) is 6.04 Å². The summed E-state index contributed by atoms with van der Waals surface area (Å²) in [5, 5.41) is 4.25. The van der Waals surface area contributed by atoms with Crippen molar-refractivity contribution in [1.29, 1.82) is 0 Å². The molecule has 0 radical (unpaired) electrons. The van der Waals surface area contributed by atoms with Crippen LogP contribution in [-0.4, -0.2) is 34.6 Å². The van der Waals surface area contributed by atoms with Crippen molar-refractivity contribution in [1.82, 2.24) is 10.2 Å². The van der Waals surface area contributed by atoms with E-state index in [1.54, 1.807) is 17.9 Å². The van der Waals surface area contributed by atoms with Crippen LogP contribution in [0.3, 0.4) is 0 Å². The number of carbonyl (C=O) groups is 2. The molecular weight excluding hydrogens is 439 g/mol. The highest BCUT2D eigenvalue weighted by Gasteiger charge is 2.26. The molecule has 2 rings (SSSR count). The molecule has 7 heteroatoms. The number of rotatable bonds is 10. The Morgan fingerprint density at radius 3 is 2.23 bits per heavy atom. The predicted molar refractivity (Wildman–Crippen MR) is 127 cm³/mol. The van der Waals surface area contributed by atoms with Gasteiger partial charge in [0.15, 0.2) is 0 Å². The SMILES string of the molecule is CC[C@H](C)NC(=O)[C@H](C)N(Cc1cccc(Cl)c1)C(=O)CSCc1cccc(Cl)c1. The maximum absolute atomic E-state index is 13.1. The molecule has 0 saturated carbocycles. The van der Waals surface area contributed by atoms with Crippen LogP contribution in [-0.2, 0) is 21.9 Å². The summed E-state index contributed by atoms with van der Waals surface area (Å²) in [5.41, 5.74) is 1.95. The van der Waals surface area contributed by atoms with Crippen LogP contribution in [0.1, 0.15) is 38.3 Å². The third kappa shape index (κ3) is 7.86. The van der Waals surface area contributed by atoms with Crippen LogP contribution in [0, 0.1) is 0 Å². The molecule has 0 spiro atoms. The summed E-state index contributed by atoms with van der Waals surface area (Å²) >= 11 is 13.6. The van der Waals surface area contributed by atoms with Gasteiger partial charge in [-0.1, -0.05) is 54.4 Å². The average Bonchev–Trinajstić information content (AvgIpc) is 2.71. The Labute approximate surface area is 193 Å². The summed E-state index contributed by atoms with van der Waals surface area (Å²) < 4.78 is 0. The second-order valence-electron chi connectivity index (χ2n) is 7.27. The lowest BCUT2D eigenvalue weighted by molar-refractivity contribution is -0.138. The Bertz CT molecular complexity index is 863. The Morgan fingerprint density at radius 1 is 1.03 bits per heavy atom. The van der Waals surface area contributed by atoms with Gasteiger partial charge in [0.05, 0.1) is 5.75 Å². The summed E-state index contributed by atoms with van der Waals surface area (Å²) in [4.78, 5) is 27.4. The first-order valence-electron chi connectivity index (χ1n) is 9.96. The Kier molecular flexibility index (Phi) is 10.0. The normalized spacial score (nSPS) is 12.8. The second-order valence-corrected chi connectivity index (χ2v) is 9.13. The lowest BCUT2D eigenvalue weighted by atomic mass is 10.1. The number of hydrogen-bond donors (Lipinski definition) is 1. The highest BCUT2D eigenvalue weighted by Crippen LogP contribution is 2.19. The number of amides is 2. The predicted octanol–water partition coefficient (Wildman–Crippen LogP) is 5.56. The number of halogens is 2. The summed E-state index contributed by atoms with van der Waals surface area (Å²) in [6.07, 6.45) is 0.830. The van der Waals surface area contributed by atoms with Crippen LogP contribution in [0.2, 0.25) is 10.0 Å². The van der Waals surface area contributed by atoms with Crippen LogP contribution >= 0.6 is 35.0 Å². The molecule has 0 aliphatic carbocycles. The standard InChI is InChI=1S/C23H28Cl2N2O2S/c1-4-16(2)26-23(29)17(3)27(13-18-7-5-9-20(24)11-18)22(28)15-30-14-19-8-6-10-21(25)12-19/h5-12,16-17H,4,13-15H2,1-3H3,(H,26,29)/t16-,17-/m0/s1. The number of hydrogen-bond acceptors (Lipinski definition) is 3. The lowest BCUT2D eigenvalue weighted by Gasteiger charge is -2.29. The molecule has 30 heavy (non-hydrogen) atoms. The zero-order valence-electron chi connectivity index (χ0n) is 17.5. The third-order valence-corrected chi connectivity index (χ3v) is 6.25. The highest BCUT2D eigenvalue weighted by molar-refractivity contribution is 7.99. The van der Waals surface area contributed by atoms with Gasteiger partial charge in [0.25, 0.3) is 0 Å². The zero-order valence-corrected chi connectivity index (χ0v) is 19.9. The van der Waals surface area contributed by atoms with E-state index < -0.39 is 6.04 Å². The van der Waals surface area contributed by atoms with Gasteiger partial charge in [-0.3, -0.25) is 9.59 Å². The van der Waals surface area contributed by atoms with Crippen molar-refractivity contribution >= 4 is 46.8 Å². The van der Waals surface area contributed by atoms with Crippen molar-refractivity contribution in [3.63, 3.8) is 0 Å². The molecule has 2 atom stereocenters. The van der Waals surface area contributed by atoms with Crippen molar-refractivity contribution in [3.8, 4) is 0 Å². The van der Waals surface area contributed by atoms with Gasteiger partial charge in [-0.2, -0.15) is 0 Å². The minimum atomic E-state index is -0.586. The maximum Gasteiger partial charge on any atom is 0.242 e. The van der Waals surface area contributed by atoms with E-state index in [1.807, 2.05) is 56.3 Å². The van der Waals surface area contributed by atoms with E-state index in [9.17, 15) is 9.59 Å². The maximum atomic E-state index is 13.1. The first-order valence-corrected chi connectivity index (χ1v) is 11.9. The second kappa shape index (κ2) is 12.2. The van der Waals surface area contributed by atoms with Gasteiger partial charge in [0.2, 0.25) is 11.8 Å². The fraction of sp³-hybridized carbons (Fsp3) is 0.391. The third-order valence-electron chi connectivity index (χ3n) is 4.79. The number of thioether (sulfide) groups is 1. The molecule has 0 saturated heterocycles. The van der Waals surface area contributed by atoms with Crippen molar-refractivity contribution in [3.05, 3.63) is 69.7 Å². The molecule has 0 fully saturated rings. The monoisotopic (exact) mass is 466 g/mol. The Morgan fingerprint density at radius 2 is 1.63 bits per heavy atom. The van der Waals surface area contributed by atoms with Gasteiger partial charge >= 0.3 is 0 Å². The van der Waals surface area contributed by atoms with Crippen LogP contribution in [0.4, 0.5) is 0 Å². The van der Waals surface area contributed by atoms with E-state index >= 15 is 0 Å². The van der Waals surface area contributed by atoms with E-state index in [1.165, 1.54) is 11.8 Å². The van der Waals surface area contributed by atoms with Crippen LogP contribution in [0.15, 0.2) is 48.5 Å². The minimum Gasteiger partial charge on any atom is -0.352 e.